The van der Waals surface area contributed by atoms with E-state index in [0.717, 1.165) is 10.2 Å². The Morgan fingerprint density at radius 1 is 1.35 bits per heavy atom. The summed E-state index contributed by atoms with van der Waals surface area (Å²) in [6.07, 6.45) is 1.72. The molecule has 0 unspecified atom stereocenters. The van der Waals surface area contributed by atoms with Crippen LogP contribution in [0.5, 0.6) is 5.75 Å². The molecule has 0 saturated heterocycles. The molecule has 0 amide bonds. The molecule has 5 heteroatoms. The van der Waals surface area contributed by atoms with Gasteiger partial charge in [0.15, 0.2) is 5.75 Å². The van der Waals surface area contributed by atoms with E-state index in [1.165, 1.54) is 0 Å². The van der Waals surface area contributed by atoms with Crippen LogP contribution in [0.2, 0.25) is 5.02 Å². The first kappa shape index (κ1) is 12.2. The van der Waals surface area contributed by atoms with Crippen molar-refractivity contribution < 1.29 is 4.74 Å². The highest BCUT2D eigenvalue weighted by molar-refractivity contribution is 9.10. The second-order valence-corrected chi connectivity index (χ2v) is 4.71. The summed E-state index contributed by atoms with van der Waals surface area (Å²) in [5.74, 6) is 0.583. The number of hydrogen-bond donors (Lipinski definition) is 1. The minimum Gasteiger partial charge on any atom is -0.484 e. The van der Waals surface area contributed by atoms with Gasteiger partial charge in [-0.1, -0.05) is 17.7 Å². The lowest BCUT2D eigenvalue weighted by Gasteiger charge is -2.10. The van der Waals surface area contributed by atoms with Crippen LogP contribution in [0, 0.1) is 0 Å². The maximum Gasteiger partial charge on any atom is 0.157 e. The van der Waals surface area contributed by atoms with E-state index >= 15 is 0 Å². The highest BCUT2D eigenvalue weighted by atomic mass is 79.9. The molecule has 2 N–H and O–H groups in total. The number of ether oxygens (including phenoxy) is 1. The Morgan fingerprint density at radius 2 is 2.18 bits per heavy atom. The summed E-state index contributed by atoms with van der Waals surface area (Å²) in [4.78, 5) is 4.16. The number of benzene rings is 1. The van der Waals surface area contributed by atoms with Gasteiger partial charge in [0.2, 0.25) is 0 Å². The fourth-order valence-electron chi connectivity index (χ4n) is 1.36. The van der Waals surface area contributed by atoms with E-state index in [-0.39, 0.29) is 0 Å². The first-order valence-electron chi connectivity index (χ1n) is 4.94. The van der Waals surface area contributed by atoms with Gasteiger partial charge in [0, 0.05) is 11.2 Å². The zero-order valence-corrected chi connectivity index (χ0v) is 11.2. The third kappa shape index (κ3) is 3.11. The van der Waals surface area contributed by atoms with Gasteiger partial charge in [-0.3, -0.25) is 4.98 Å². The molecule has 2 aromatic rings. The van der Waals surface area contributed by atoms with E-state index in [9.17, 15) is 0 Å². The molecule has 0 aliphatic heterocycles. The molecule has 88 valence electrons. The molecule has 0 atom stereocenters. The number of hydrogen-bond acceptors (Lipinski definition) is 3. The first-order valence-corrected chi connectivity index (χ1v) is 6.11. The molecule has 17 heavy (non-hydrogen) atoms. The van der Waals surface area contributed by atoms with Crippen molar-refractivity contribution in [2.45, 2.75) is 6.61 Å². The average Bonchev–Trinajstić information content (AvgIpc) is 2.29. The third-order valence-corrected chi connectivity index (χ3v) is 2.93. The zero-order chi connectivity index (χ0) is 12.3. The summed E-state index contributed by atoms with van der Waals surface area (Å²) in [5, 5.41) is 0.569. The van der Waals surface area contributed by atoms with E-state index in [1.54, 1.807) is 18.3 Å². The van der Waals surface area contributed by atoms with Crippen LogP contribution in [0.15, 0.2) is 41.0 Å². The van der Waals surface area contributed by atoms with Crippen LogP contribution in [-0.4, -0.2) is 4.98 Å². The van der Waals surface area contributed by atoms with Crippen molar-refractivity contribution in [1.29, 1.82) is 0 Å². The number of pyridine rings is 1. The molecule has 0 fully saturated rings. The monoisotopic (exact) mass is 312 g/mol. The van der Waals surface area contributed by atoms with Crippen molar-refractivity contribution in [1.82, 2.24) is 4.98 Å². The average molecular weight is 314 g/mol. The molecule has 0 spiro atoms. The Morgan fingerprint density at radius 3 is 2.82 bits per heavy atom. The van der Waals surface area contributed by atoms with Gasteiger partial charge in [0.05, 0.1) is 15.9 Å². The summed E-state index contributed by atoms with van der Waals surface area (Å²) in [6, 6.07) is 9.05. The summed E-state index contributed by atoms with van der Waals surface area (Å²) < 4.78 is 6.35. The molecule has 0 radical (unpaired) electrons. The predicted molar refractivity (Wildman–Crippen MR) is 72.1 cm³/mol. The molecule has 1 aromatic heterocycles. The fourth-order valence-corrected chi connectivity index (χ4v) is 2.31. The topological polar surface area (TPSA) is 48.1 Å². The van der Waals surface area contributed by atoms with Crippen LogP contribution in [0.1, 0.15) is 5.69 Å². The van der Waals surface area contributed by atoms with Crippen molar-refractivity contribution in [3.8, 4) is 5.75 Å². The Hall–Kier alpha value is -1.26. The lowest BCUT2D eigenvalue weighted by atomic mass is 10.3. The number of anilines is 1. The van der Waals surface area contributed by atoms with Gasteiger partial charge in [-0.05, 0) is 40.2 Å². The van der Waals surface area contributed by atoms with E-state index in [0.29, 0.717) is 23.1 Å². The van der Waals surface area contributed by atoms with E-state index < -0.39 is 0 Å². The van der Waals surface area contributed by atoms with Gasteiger partial charge < -0.3 is 10.5 Å². The van der Waals surface area contributed by atoms with Crippen molar-refractivity contribution >= 4 is 33.2 Å². The zero-order valence-electron chi connectivity index (χ0n) is 8.86. The second kappa shape index (κ2) is 5.38. The molecule has 0 saturated carbocycles. The lowest BCUT2D eigenvalue weighted by molar-refractivity contribution is 0.301. The van der Waals surface area contributed by atoms with E-state index in [4.69, 9.17) is 22.1 Å². The van der Waals surface area contributed by atoms with Crippen LogP contribution >= 0.6 is 27.5 Å². The summed E-state index contributed by atoms with van der Waals surface area (Å²) >= 11 is 9.22. The number of aromatic nitrogens is 1. The third-order valence-electron chi connectivity index (χ3n) is 2.13. The molecule has 3 nitrogen and oxygen atoms in total. The Bertz CT molecular complexity index is 496. The van der Waals surface area contributed by atoms with Gasteiger partial charge >= 0.3 is 0 Å². The Balaban J connectivity index is 2.15. The standard InChI is InChI=1S/C12H10BrClN2O/c13-10-5-8(14)6-11(15)12(10)17-7-9-3-1-2-4-16-9/h1-6H,7,15H2. The molecular formula is C12H10BrClN2O. The van der Waals surface area contributed by atoms with Crippen LogP contribution in [-0.2, 0) is 6.61 Å². The van der Waals surface area contributed by atoms with Crippen molar-refractivity contribution in [3.63, 3.8) is 0 Å². The molecular weight excluding hydrogens is 304 g/mol. The SMILES string of the molecule is Nc1cc(Cl)cc(Br)c1OCc1ccccn1. The summed E-state index contributed by atoms with van der Waals surface area (Å²) in [7, 11) is 0. The molecule has 1 heterocycles. The highest BCUT2D eigenvalue weighted by Gasteiger charge is 2.08. The van der Waals surface area contributed by atoms with Gasteiger partial charge in [-0.15, -0.1) is 0 Å². The first-order chi connectivity index (χ1) is 8.16. The number of nitrogen functional groups attached to an aromatic ring is 1. The van der Waals surface area contributed by atoms with E-state index in [2.05, 4.69) is 20.9 Å². The minimum atomic E-state index is 0.366. The maximum atomic E-state index is 5.86. The largest absolute Gasteiger partial charge is 0.484 e. The van der Waals surface area contributed by atoms with Crippen molar-refractivity contribution in [3.05, 3.63) is 51.7 Å². The lowest BCUT2D eigenvalue weighted by Crippen LogP contribution is -2.01. The molecule has 2 rings (SSSR count). The minimum absolute atomic E-state index is 0.366. The van der Waals surface area contributed by atoms with Crippen molar-refractivity contribution in [2.75, 3.05) is 5.73 Å². The molecule has 0 aliphatic rings. The van der Waals surface area contributed by atoms with Gasteiger partial charge in [0.1, 0.15) is 6.61 Å². The van der Waals surface area contributed by atoms with Gasteiger partial charge in [-0.2, -0.15) is 0 Å². The van der Waals surface area contributed by atoms with Gasteiger partial charge in [-0.25, -0.2) is 0 Å². The highest BCUT2D eigenvalue weighted by Crippen LogP contribution is 2.34. The Kier molecular flexibility index (Phi) is 3.86. The fraction of sp³-hybridized carbons (Fsp3) is 0.0833. The number of nitrogens with zero attached hydrogens (tertiary/aromatic N) is 1. The summed E-state index contributed by atoms with van der Waals surface area (Å²) in [6.45, 7) is 0.366. The number of rotatable bonds is 3. The van der Waals surface area contributed by atoms with Gasteiger partial charge in [0.25, 0.3) is 0 Å². The normalized spacial score (nSPS) is 10.2. The molecule has 0 aliphatic carbocycles. The predicted octanol–water partition coefficient (Wildman–Crippen LogP) is 3.66. The quantitative estimate of drug-likeness (QED) is 0.880. The smallest absolute Gasteiger partial charge is 0.157 e. The molecule has 1 aromatic carbocycles. The second-order valence-electron chi connectivity index (χ2n) is 3.42. The summed E-state index contributed by atoms with van der Waals surface area (Å²) in [5.41, 5.74) is 7.17. The van der Waals surface area contributed by atoms with E-state index in [1.807, 2.05) is 18.2 Å². The molecule has 0 bridgehead atoms. The number of halogens is 2. The van der Waals surface area contributed by atoms with Crippen LogP contribution in [0.3, 0.4) is 0 Å². The van der Waals surface area contributed by atoms with Crippen LogP contribution < -0.4 is 10.5 Å². The maximum absolute atomic E-state index is 5.86. The Labute approximate surface area is 113 Å². The number of nitrogens with two attached hydrogens (primary N) is 1. The van der Waals surface area contributed by atoms with Crippen LogP contribution in [0.25, 0.3) is 0 Å². The van der Waals surface area contributed by atoms with Crippen molar-refractivity contribution in [2.24, 2.45) is 0 Å². The van der Waals surface area contributed by atoms with Crippen LogP contribution in [0.4, 0.5) is 5.69 Å².